The third-order valence-corrected chi connectivity index (χ3v) is 5.56. The zero-order valence-electron chi connectivity index (χ0n) is 15.1. The van der Waals surface area contributed by atoms with Crippen molar-refractivity contribution in [3.05, 3.63) is 5.01 Å². The quantitative estimate of drug-likeness (QED) is 0.882. The molecule has 1 aliphatic rings. The van der Waals surface area contributed by atoms with Gasteiger partial charge in [-0.3, -0.25) is 9.59 Å². The predicted octanol–water partition coefficient (Wildman–Crippen LogP) is 3.35. The van der Waals surface area contributed by atoms with E-state index in [4.69, 9.17) is 0 Å². The Labute approximate surface area is 148 Å². The molecule has 0 bridgehead atoms. The van der Waals surface area contributed by atoms with Crippen LogP contribution in [0.4, 0.5) is 5.13 Å². The smallest absolute Gasteiger partial charge is 0.226 e. The van der Waals surface area contributed by atoms with Crippen molar-refractivity contribution < 1.29 is 9.59 Å². The molecule has 24 heavy (non-hydrogen) atoms. The second-order valence-corrected chi connectivity index (χ2v) is 8.33. The van der Waals surface area contributed by atoms with Crippen LogP contribution < -0.4 is 5.32 Å². The summed E-state index contributed by atoms with van der Waals surface area (Å²) in [4.78, 5) is 26.4. The summed E-state index contributed by atoms with van der Waals surface area (Å²) >= 11 is 1.38. The van der Waals surface area contributed by atoms with Gasteiger partial charge in [0.1, 0.15) is 5.01 Å². The standard InChI is InChI=1S/C17H28N4O2S/c1-5-12-8-6-7-11-21(12)14(23)10-9-13(22)18-16-20-19-15(24-16)17(2,3)4/h12H,5-11H2,1-4H3,(H,18,20,22)/t12-/m0/s1. The van der Waals surface area contributed by atoms with Gasteiger partial charge >= 0.3 is 0 Å². The van der Waals surface area contributed by atoms with Gasteiger partial charge in [-0.1, -0.05) is 39.0 Å². The summed E-state index contributed by atoms with van der Waals surface area (Å²) in [5, 5.41) is 12.3. The van der Waals surface area contributed by atoms with Gasteiger partial charge in [-0.2, -0.15) is 0 Å². The molecular formula is C17H28N4O2S. The van der Waals surface area contributed by atoms with Crippen molar-refractivity contribution >= 4 is 28.3 Å². The molecule has 0 unspecified atom stereocenters. The molecule has 0 spiro atoms. The Hall–Kier alpha value is -1.50. The first-order valence-electron chi connectivity index (χ1n) is 8.74. The fraction of sp³-hybridized carbons (Fsp3) is 0.765. The van der Waals surface area contributed by atoms with Crippen LogP contribution in [0.5, 0.6) is 0 Å². The highest BCUT2D eigenvalue weighted by Crippen LogP contribution is 2.27. The summed E-state index contributed by atoms with van der Waals surface area (Å²) in [6, 6.07) is 0.340. The average Bonchev–Trinajstić information content (AvgIpc) is 3.01. The van der Waals surface area contributed by atoms with E-state index in [9.17, 15) is 9.59 Å². The molecular weight excluding hydrogens is 324 g/mol. The minimum atomic E-state index is -0.176. The summed E-state index contributed by atoms with van der Waals surface area (Å²) < 4.78 is 0. The molecule has 1 atom stereocenters. The number of nitrogens with one attached hydrogen (secondary N) is 1. The largest absolute Gasteiger partial charge is 0.340 e. The predicted molar refractivity (Wildman–Crippen MR) is 96.1 cm³/mol. The molecule has 2 heterocycles. The summed E-state index contributed by atoms with van der Waals surface area (Å²) in [6.07, 6.45) is 4.77. The number of likely N-dealkylation sites (tertiary alicyclic amines) is 1. The van der Waals surface area contributed by atoms with Crippen LogP contribution in [0, 0.1) is 0 Å². The van der Waals surface area contributed by atoms with Crippen molar-refractivity contribution in [1.82, 2.24) is 15.1 Å². The normalized spacial score (nSPS) is 18.5. The average molecular weight is 353 g/mol. The Kier molecular flexibility index (Phi) is 6.32. The Morgan fingerprint density at radius 1 is 1.25 bits per heavy atom. The lowest BCUT2D eigenvalue weighted by Gasteiger charge is -2.35. The van der Waals surface area contributed by atoms with E-state index in [0.717, 1.165) is 30.8 Å². The summed E-state index contributed by atoms with van der Waals surface area (Å²) in [7, 11) is 0. The number of hydrogen-bond donors (Lipinski definition) is 1. The zero-order chi connectivity index (χ0) is 17.7. The fourth-order valence-electron chi connectivity index (χ4n) is 2.88. The lowest BCUT2D eigenvalue weighted by Crippen LogP contribution is -2.43. The highest BCUT2D eigenvalue weighted by Gasteiger charge is 2.25. The molecule has 1 aliphatic heterocycles. The van der Waals surface area contributed by atoms with Gasteiger partial charge in [0.25, 0.3) is 0 Å². The van der Waals surface area contributed by atoms with Gasteiger partial charge in [-0.25, -0.2) is 0 Å². The second-order valence-electron chi connectivity index (χ2n) is 7.36. The monoisotopic (exact) mass is 352 g/mol. The van der Waals surface area contributed by atoms with E-state index in [-0.39, 0.29) is 30.1 Å². The number of hydrogen-bond acceptors (Lipinski definition) is 5. The van der Waals surface area contributed by atoms with Crippen LogP contribution in [-0.4, -0.2) is 39.5 Å². The Bertz CT molecular complexity index is 579. The minimum absolute atomic E-state index is 0.0833. The molecule has 2 rings (SSSR count). The zero-order valence-corrected chi connectivity index (χ0v) is 15.9. The van der Waals surface area contributed by atoms with Gasteiger partial charge in [0.05, 0.1) is 0 Å². The molecule has 2 amide bonds. The third kappa shape index (κ3) is 5.00. The van der Waals surface area contributed by atoms with Gasteiger partial charge in [0.2, 0.25) is 16.9 Å². The van der Waals surface area contributed by atoms with E-state index >= 15 is 0 Å². The summed E-state index contributed by atoms with van der Waals surface area (Å²) in [5.74, 6) is -0.0886. The molecule has 1 saturated heterocycles. The Morgan fingerprint density at radius 3 is 2.62 bits per heavy atom. The molecule has 0 aromatic carbocycles. The SMILES string of the molecule is CC[C@H]1CCCCN1C(=O)CCC(=O)Nc1nnc(C(C)(C)C)s1. The van der Waals surface area contributed by atoms with Crippen LogP contribution in [0.1, 0.15) is 71.2 Å². The van der Waals surface area contributed by atoms with E-state index in [0.29, 0.717) is 11.2 Å². The summed E-state index contributed by atoms with van der Waals surface area (Å²) in [5.41, 5.74) is -0.0833. The maximum Gasteiger partial charge on any atom is 0.226 e. The van der Waals surface area contributed by atoms with Crippen LogP contribution in [0.2, 0.25) is 0 Å². The molecule has 0 radical (unpaired) electrons. The van der Waals surface area contributed by atoms with Gasteiger partial charge in [0, 0.05) is 30.8 Å². The highest BCUT2D eigenvalue weighted by molar-refractivity contribution is 7.15. The van der Waals surface area contributed by atoms with E-state index in [1.807, 2.05) is 4.90 Å². The molecule has 1 aromatic rings. The van der Waals surface area contributed by atoms with Gasteiger partial charge < -0.3 is 10.2 Å². The Balaban J connectivity index is 1.82. The molecule has 1 fully saturated rings. The van der Waals surface area contributed by atoms with Crippen molar-refractivity contribution in [2.24, 2.45) is 0 Å². The lowest BCUT2D eigenvalue weighted by atomic mass is 9.98. The molecule has 0 aliphatic carbocycles. The number of piperidine rings is 1. The van der Waals surface area contributed by atoms with Crippen molar-refractivity contribution in [2.45, 2.75) is 77.7 Å². The first kappa shape index (κ1) is 18.8. The molecule has 1 aromatic heterocycles. The second kappa shape index (κ2) is 8.05. The maximum absolute atomic E-state index is 12.4. The molecule has 7 heteroatoms. The number of carbonyl (C=O) groups is 2. The fourth-order valence-corrected chi connectivity index (χ4v) is 3.69. The Morgan fingerprint density at radius 2 is 2.00 bits per heavy atom. The molecule has 1 N–H and O–H groups in total. The topological polar surface area (TPSA) is 75.2 Å². The van der Waals surface area contributed by atoms with Crippen LogP contribution in [0.25, 0.3) is 0 Å². The van der Waals surface area contributed by atoms with Crippen LogP contribution >= 0.6 is 11.3 Å². The first-order valence-corrected chi connectivity index (χ1v) is 9.56. The number of carbonyl (C=O) groups excluding carboxylic acids is 2. The number of anilines is 1. The molecule has 0 saturated carbocycles. The van der Waals surface area contributed by atoms with Crippen molar-refractivity contribution in [1.29, 1.82) is 0 Å². The highest BCUT2D eigenvalue weighted by atomic mass is 32.1. The van der Waals surface area contributed by atoms with Crippen LogP contribution in [0.15, 0.2) is 0 Å². The van der Waals surface area contributed by atoms with Crippen molar-refractivity contribution in [3.8, 4) is 0 Å². The van der Waals surface area contributed by atoms with E-state index in [1.165, 1.54) is 17.8 Å². The third-order valence-electron chi connectivity index (χ3n) is 4.30. The van der Waals surface area contributed by atoms with Gasteiger partial charge in [-0.05, 0) is 25.7 Å². The number of aromatic nitrogens is 2. The van der Waals surface area contributed by atoms with Gasteiger partial charge in [0.15, 0.2) is 0 Å². The number of amides is 2. The maximum atomic E-state index is 12.4. The molecule has 6 nitrogen and oxygen atoms in total. The number of nitrogens with zero attached hydrogens (tertiary/aromatic N) is 3. The van der Waals surface area contributed by atoms with E-state index in [2.05, 4.69) is 43.2 Å². The summed E-state index contributed by atoms with van der Waals surface area (Å²) in [6.45, 7) is 9.11. The lowest BCUT2D eigenvalue weighted by molar-refractivity contribution is -0.136. The number of rotatable bonds is 5. The molecule has 134 valence electrons. The van der Waals surface area contributed by atoms with E-state index < -0.39 is 0 Å². The van der Waals surface area contributed by atoms with Crippen LogP contribution in [-0.2, 0) is 15.0 Å². The van der Waals surface area contributed by atoms with Gasteiger partial charge in [-0.15, -0.1) is 10.2 Å². The van der Waals surface area contributed by atoms with Crippen molar-refractivity contribution in [2.75, 3.05) is 11.9 Å². The first-order chi connectivity index (χ1) is 11.3. The van der Waals surface area contributed by atoms with E-state index in [1.54, 1.807) is 0 Å². The minimum Gasteiger partial charge on any atom is -0.340 e. The van der Waals surface area contributed by atoms with Crippen LogP contribution in [0.3, 0.4) is 0 Å². The van der Waals surface area contributed by atoms with Crippen molar-refractivity contribution in [3.63, 3.8) is 0 Å².